The maximum absolute atomic E-state index is 5.75. The van der Waals surface area contributed by atoms with Crippen molar-refractivity contribution in [1.82, 2.24) is 0 Å². The summed E-state index contributed by atoms with van der Waals surface area (Å²) in [6.07, 6.45) is 0.912. The molecule has 0 amide bonds. The quantitative estimate of drug-likeness (QED) is 0.696. The highest BCUT2D eigenvalue weighted by atomic mass is 35.5. The van der Waals surface area contributed by atoms with Gasteiger partial charge in [0.25, 0.3) is 0 Å². The molecule has 3 rings (SSSR count). The van der Waals surface area contributed by atoms with E-state index >= 15 is 0 Å². The smallest absolute Gasteiger partial charge is 0.135 e. The Morgan fingerprint density at radius 3 is 2.53 bits per heavy atom. The van der Waals surface area contributed by atoms with Gasteiger partial charge in [-0.3, -0.25) is 0 Å². The fraction of sp³-hybridized carbons (Fsp3) is 0.143. The van der Waals surface area contributed by atoms with Gasteiger partial charge in [-0.05, 0) is 36.7 Å². The summed E-state index contributed by atoms with van der Waals surface area (Å²) in [6, 6.07) is 14.4. The lowest BCUT2D eigenvalue weighted by molar-refractivity contribution is -0.00000370. The first kappa shape index (κ1) is 12.0. The lowest BCUT2D eigenvalue weighted by atomic mass is 10.1. The van der Waals surface area contributed by atoms with Gasteiger partial charge in [0.05, 0.1) is 0 Å². The number of rotatable bonds is 2. The summed E-state index contributed by atoms with van der Waals surface area (Å²) >= 11 is 0. The Bertz CT molecular complexity index is 645. The lowest BCUT2D eigenvalue weighted by Gasteiger charge is -1.97. The maximum atomic E-state index is 5.75. The number of para-hydroxylation sites is 1. The number of halogens is 1. The summed E-state index contributed by atoms with van der Waals surface area (Å²) in [5, 5.41) is 2.36. The van der Waals surface area contributed by atoms with Crippen LogP contribution in [0, 0.1) is 0 Å². The van der Waals surface area contributed by atoms with E-state index in [1.54, 1.807) is 0 Å². The molecule has 1 heterocycles. The van der Waals surface area contributed by atoms with Crippen molar-refractivity contribution in [1.29, 1.82) is 0 Å². The van der Waals surface area contributed by atoms with E-state index in [0.29, 0.717) is 6.54 Å². The number of furan rings is 1. The highest BCUT2D eigenvalue weighted by Crippen LogP contribution is 2.29. The molecule has 3 heteroatoms. The number of fused-ring (bicyclic) bond motifs is 3. The molecule has 0 atom stereocenters. The second kappa shape index (κ2) is 4.78. The maximum Gasteiger partial charge on any atom is 0.135 e. The fourth-order valence-corrected chi connectivity index (χ4v) is 2.10. The van der Waals surface area contributed by atoms with Gasteiger partial charge in [-0.25, -0.2) is 0 Å². The van der Waals surface area contributed by atoms with Gasteiger partial charge in [0.15, 0.2) is 0 Å². The van der Waals surface area contributed by atoms with E-state index in [-0.39, 0.29) is 12.4 Å². The van der Waals surface area contributed by atoms with Crippen molar-refractivity contribution in [3.05, 3.63) is 48.0 Å². The molecule has 0 bridgehead atoms. The van der Waals surface area contributed by atoms with Crippen molar-refractivity contribution in [3.8, 4) is 0 Å². The average molecular weight is 247 g/mol. The standard InChI is InChI=1S/C14H13NO.ClH/c15-8-7-10-5-6-14-12(9-10)11-3-1-2-4-13(11)16-14;/h1-6,9H,7-8,15H2;1H/p-1. The third kappa shape index (κ3) is 2.02. The van der Waals surface area contributed by atoms with E-state index in [4.69, 9.17) is 10.2 Å². The summed E-state index contributed by atoms with van der Waals surface area (Å²) in [4.78, 5) is 0. The molecule has 2 N–H and O–H groups in total. The summed E-state index contributed by atoms with van der Waals surface area (Å²) in [5.74, 6) is 0. The number of hydrogen-bond acceptors (Lipinski definition) is 2. The Morgan fingerprint density at radius 1 is 0.941 bits per heavy atom. The third-order valence-corrected chi connectivity index (χ3v) is 2.87. The van der Waals surface area contributed by atoms with Gasteiger partial charge < -0.3 is 22.6 Å². The average Bonchev–Trinajstić information content (AvgIpc) is 2.68. The van der Waals surface area contributed by atoms with Crippen molar-refractivity contribution in [2.45, 2.75) is 6.42 Å². The Kier molecular flexibility index (Phi) is 3.36. The van der Waals surface area contributed by atoms with Gasteiger partial charge >= 0.3 is 0 Å². The van der Waals surface area contributed by atoms with Gasteiger partial charge in [0, 0.05) is 10.8 Å². The monoisotopic (exact) mass is 246 g/mol. The predicted octanol–water partition coefficient (Wildman–Crippen LogP) is 0.0912. The molecular weight excluding hydrogens is 234 g/mol. The fourth-order valence-electron chi connectivity index (χ4n) is 2.10. The molecule has 88 valence electrons. The third-order valence-electron chi connectivity index (χ3n) is 2.87. The van der Waals surface area contributed by atoms with Crippen LogP contribution in [0.1, 0.15) is 5.56 Å². The molecule has 0 aliphatic heterocycles. The molecule has 1 aromatic heterocycles. The number of hydrogen-bond donors (Lipinski definition) is 1. The van der Waals surface area contributed by atoms with Crippen LogP contribution in [-0.4, -0.2) is 6.54 Å². The van der Waals surface area contributed by atoms with Crippen molar-refractivity contribution < 1.29 is 16.8 Å². The Balaban J connectivity index is 0.00000108. The minimum Gasteiger partial charge on any atom is -1.00 e. The van der Waals surface area contributed by atoms with Gasteiger partial charge in [-0.15, -0.1) is 0 Å². The van der Waals surface area contributed by atoms with Crippen LogP contribution in [0.5, 0.6) is 0 Å². The molecule has 0 aliphatic rings. The molecule has 0 radical (unpaired) electrons. The van der Waals surface area contributed by atoms with E-state index < -0.39 is 0 Å². The molecular formula is C14H13ClNO-. The van der Waals surface area contributed by atoms with E-state index in [1.165, 1.54) is 16.3 Å². The van der Waals surface area contributed by atoms with Crippen LogP contribution in [0.15, 0.2) is 46.9 Å². The molecule has 0 saturated heterocycles. The molecule has 2 aromatic carbocycles. The number of benzene rings is 2. The Morgan fingerprint density at radius 2 is 1.71 bits per heavy atom. The van der Waals surface area contributed by atoms with Gasteiger partial charge in [-0.1, -0.05) is 24.3 Å². The van der Waals surface area contributed by atoms with E-state index in [1.807, 2.05) is 24.3 Å². The SMILES string of the molecule is NCCc1ccc2oc3ccccc3c2c1.[Cl-]. The summed E-state index contributed by atoms with van der Waals surface area (Å²) in [5.41, 5.74) is 8.73. The first-order chi connectivity index (χ1) is 7.88. The highest BCUT2D eigenvalue weighted by Gasteiger charge is 2.06. The van der Waals surface area contributed by atoms with Crippen LogP contribution in [0.3, 0.4) is 0 Å². The lowest BCUT2D eigenvalue weighted by Crippen LogP contribution is -3.00. The van der Waals surface area contributed by atoms with Crippen LogP contribution >= 0.6 is 0 Å². The van der Waals surface area contributed by atoms with Crippen molar-refractivity contribution in [3.63, 3.8) is 0 Å². The second-order valence-electron chi connectivity index (χ2n) is 3.97. The predicted molar refractivity (Wildman–Crippen MR) is 66.5 cm³/mol. The van der Waals surface area contributed by atoms with Gasteiger partial charge in [-0.2, -0.15) is 0 Å². The second-order valence-corrected chi connectivity index (χ2v) is 3.97. The van der Waals surface area contributed by atoms with Crippen LogP contribution < -0.4 is 18.1 Å². The van der Waals surface area contributed by atoms with E-state index in [9.17, 15) is 0 Å². The van der Waals surface area contributed by atoms with Crippen LogP contribution in [0.2, 0.25) is 0 Å². The highest BCUT2D eigenvalue weighted by molar-refractivity contribution is 6.04. The zero-order chi connectivity index (χ0) is 11.0. The first-order valence-electron chi connectivity index (χ1n) is 5.49. The van der Waals surface area contributed by atoms with E-state index in [0.717, 1.165) is 17.6 Å². The molecule has 0 saturated carbocycles. The normalized spacial score (nSPS) is 10.6. The van der Waals surface area contributed by atoms with Gasteiger partial charge in [0.2, 0.25) is 0 Å². The molecule has 0 aliphatic carbocycles. The topological polar surface area (TPSA) is 39.2 Å². The summed E-state index contributed by atoms with van der Waals surface area (Å²) < 4.78 is 5.75. The van der Waals surface area contributed by atoms with Crippen LogP contribution in [0.25, 0.3) is 21.9 Å². The minimum atomic E-state index is 0. The Hall–Kier alpha value is -1.51. The van der Waals surface area contributed by atoms with Crippen LogP contribution in [-0.2, 0) is 6.42 Å². The molecule has 17 heavy (non-hydrogen) atoms. The van der Waals surface area contributed by atoms with E-state index in [2.05, 4.69) is 18.2 Å². The molecule has 0 spiro atoms. The van der Waals surface area contributed by atoms with Crippen molar-refractivity contribution in [2.24, 2.45) is 5.73 Å². The first-order valence-corrected chi connectivity index (χ1v) is 5.49. The molecule has 0 fully saturated rings. The Labute approximate surface area is 106 Å². The van der Waals surface area contributed by atoms with Gasteiger partial charge in [0.1, 0.15) is 11.2 Å². The summed E-state index contributed by atoms with van der Waals surface area (Å²) in [7, 11) is 0. The summed E-state index contributed by atoms with van der Waals surface area (Å²) in [6.45, 7) is 0.682. The molecule has 3 aromatic rings. The molecule has 0 unspecified atom stereocenters. The largest absolute Gasteiger partial charge is 1.00 e. The number of nitrogens with two attached hydrogens (primary N) is 1. The zero-order valence-corrected chi connectivity index (χ0v) is 10.1. The minimum absolute atomic E-state index is 0. The van der Waals surface area contributed by atoms with Crippen molar-refractivity contribution in [2.75, 3.05) is 6.54 Å². The zero-order valence-electron chi connectivity index (χ0n) is 9.32. The molecule has 2 nitrogen and oxygen atoms in total. The van der Waals surface area contributed by atoms with Crippen molar-refractivity contribution >= 4 is 21.9 Å². The van der Waals surface area contributed by atoms with Crippen LogP contribution in [0.4, 0.5) is 0 Å².